The number of nitrogens with zero attached hydrogens (tertiary/aromatic N) is 4. The summed E-state index contributed by atoms with van der Waals surface area (Å²) in [6.07, 6.45) is 2.10. The number of hydrogen-bond acceptors (Lipinski definition) is 4. The minimum atomic E-state index is -0.664. The van der Waals surface area contributed by atoms with E-state index in [2.05, 4.69) is 27.2 Å². The Kier molecular flexibility index (Phi) is 3.00. The van der Waals surface area contributed by atoms with E-state index < -0.39 is 6.10 Å². The van der Waals surface area contributed by atoms with Crippen LogP contribution >= 0.6 is 0 Å². The molecule has 2 heterocycles. The van der Waals surface area contributed by atoms with Gasteiger partial charge in [-0.2, -0.15) is 10.2 Å². The average molecular weight is 221 g/mol. The van der Waals surface area contributed by atoms with E-state index in [-0.39, 0.29) is 0 Å². The number of aromatic amines is 1. The lowest BCUT2D eigenvalue weighted by Crippen LogP contribution is -2.07. The number of nitrogens with one attached hydrogen (secondary N) is 1. The highest BCUT2D eigenvalue weighted by atomic mass is 16.3. The Morgan fingerprint density at radius 2 is 2.38 bits per heavy atom. The van der Waals surface area contributed by atoms with Gasteiger partial charge in [-0.15, -0.1) is 0 Å². The predicted octanol–water partition coefficient (Wildman–Crippen LogP) is 0.377. The van der Waals surface area contributed by atoms with Crippen molar-refractivity contribution in [3.05, 3.63) is 29.6 Å². The fraction of sp³-hybridized carbons (Fsp3) is 0.500. The summed E-state index contributed by atoms with van der Waals surface area (Å²) in [4.78, 5) is 3.92. The highest BCUT2D eigenvalue weighted by Crippen LogP contribution is 2.14. The molecule has 86 valence electrons. The zero-order valence-electron chi connectivity index (χ0n) is 9.38. The number of H-pyrrole nitrogens is 1. The second kappa shape index (κ2) is 4.44. The Labute approximate surface area is 93.3 Å². The molecule has 0 fully saturated rings. The molecule has 0 saturated heterocycles. The molecule has 0 bridgehead atoms. The lowest BCUT2D eigenvalue weighted by molar-refractivity contribution is 0.166. The second-order valence-electron chi connectivity index (χ2n) is 3.69. The van der Waals surface area contributed by atoms with Gasteiger partial charge in [0.05, 0.1) is 5.69 Å². The average Bonchev–Trinajstić information content (AvgIpc) is 2.88. The lowest BCUT2D eigenvalue weighted by Gasteiger charge is -2.06. The van der Waals surface area contributed by atoms with Gasteiger partial charge in [0.25, 0.3) is 0 Å². The Morgan fingerprint density at radius 3 is 2.94 bits per heavy atom. The molecule has 0 aliphatic rings. The first-order valence-corrected chi connectivity index (χ1v) is 5.25. The van der Waals surface area contributed by atoms with Crippen LogP contribution in [0.5, 0.6) is 0 Å². The third-order valence-electron chi connectivity index (χ3n) is 2.54. The first-order chi connectivity index (χ1) is 7.70. The zero-order valence-corrected chi connectivity index (χ0v) is 9.38. The monoisotopic (exact) mass is 221 g/mol. The van der Waals surface area contributed by atoms with Gasteiger partial charge in [0, 0.05) is 19.2 Å². The van der Waals surface area contributed by atoms with Crippen LogP contribution in [0.25, 0.3) is 0 Å². The van der Waals surface area contributed by atoms with Crippen LogP contribution in [-0.2, 0) is 19.9 Å². The second-order valence-corrected chi connectivity index (χ2v) is 3.69. The first-order valence-electron chi connectivity index (χ1n) is 5.25. The van der Waals surface area contributed by atoms with E-state index in [1.54, 1.807) is 4.68 Å². The van der Waals surface area contributed by atoms with Crippen molar-refractivity contribution in [1.82, 2.24) is 25.0 Å². The van der Waals surface area contributed by atoms with Crippen LogP contribution in [0.4, 0.5) is 0 Å². The fourth-order valence-electron chi connectivity index (χ4n) is 1.61. The standard InChI is InChI=1S/C10H15N5O/c1-3-7-4-8(15(2)14-7)5-9(16)10-11-6-12-13-10/h4,6,9,16H,3,5H2,1-2H3,(H,11,12,13). The van der Waals surface area contributed by atoms with Gasteiger partial charge in [-0.1, -0.05) is 6.92 Å². The minimum Gasteiger partial charge on any atom is -0.385 e. The van der Waals surface area contributed by atoms with Gasteiger partial charge in [0.2, 0.25) is 0 Å². The van der Waals surface area contributed by atoms with Gasteiger partial charge in [0.1, 0.15) is 12.4 Å². The molecule has 2 aromatic rings. The smallest absolute Gasteiger partial charge is 0.153 e. The molecular weight excluding hydrogens is 206 g/mol. The Bertz CT molecular complexity index is 448. The molecule has 0 radical (unpaired) electrons. The molecule has 0 aromatic carbocycles. The van der Waals surface area contributed by atoms with Crippen LogP contribution in [0.3, 0.4) is 0 Å². The van der Waals surface area contributed by atoms with Crippen molar-refractivity contribution in [2.45, 2.75) is 25.9 Å². The van der Waals surface area contributed by atoms with Crippen LogP contribution in [0, 0.1) is 0 Å². The minimum absolute atomic E-state index is 0.485. The number of aromatic nitrogens is 5. The quantitative estimate of drug-likeness (QED) is 0.782. The van der Waals surface area contributed by atoms with Crippen molar-refractivity contribution >= 4 is 0 Å². The molecular formula is C10H15N5O. The van der Waals surface area contributed by atoms with E-state index in [1.165, 1.54) is 6.33 Å². The molecule has 0 spiro atoms. The van der Waals surface area contributed by atoms with Crippen molar-refractivity contribution < 1.29 is 5.11 Å². The van der Waals surface area contributed by atoms with Crippen LogP contribution < -0.4 is 0 Å². The van der Waals surface area contributed by atoms with Crippen molar-refractivity contribution in [3.8, 4) is 0 Å². The summed E-state index contributed by atoms with van der Waals surface area (Å²) in [6, 6.07) is 2.00. The van der Waals surface area contributed by atoms with E-state index in [0.717, 1.165) is 17.8 Å². The fourth-order valence-corrected chi connectivity index (χ4v) is 1.61. The maximum Gasteiger partial charge on any atom is 0.153 e. The summed E-state index contributed by atoms with van der Waals surface area (Å²) in [5.41, 5.74) is 2.02. The summed E-state index contributed by atoms with van der Waals surface area (Å²) < 4.78 is 1.79. The van der Waals surface area contributed by atoms with E-state index in [4.69, 9.17) is 0 Å². The van der Waals surface area contributed by atoms with Gasteiger partial charge < -0.3 is 5.11 Å². The molecule has 16 heavy (non-hydrogen) atoms. The van der Waals surface area contributed by atoms with Gasteiger partial charge >= 0.3 is 0 Å². The van der Waals surface area contributed by atoms with Crippen LogP contribution in [0.2, 0.25) is 0 Å². The number of aliphatic hydroxyl groups is 1. The predicted molar refractivity (Wildman–Crippen MR) is 57.6 cm³/mol. The number of hydrogen-bond donors (Lipinski definition) is 2. The largest absolute Gasteiger partial charge is 0.385 e. The summed E-state index contributed by atoms with van der Waals surface area (Å²) in [7, 11) is 1.88. The van der Waals surface area contributed by atoms with E-state index >= 15 is 0 Å². The van der Waals surface area contributed by atoms with Gasteiger partial charge in [-0.25, -0.2) is 4.98 Å². The molecule has 6 nitrogen and oxygen atoms in total. The summed E-state index contributed by atoms with van der Waals surface area (Å²) in [5, 5.41) is 20.6. The topological polar surface area (TPSA) is 79.6 Å². The van der Waals surface area contributed by atoms with E-state index in [9.17, 15) is 5.11 Å². The number of aryl methyl sites for hydroxylation is 2. The zero-order chi connectivity index (χ0) is 11.5. The molecule has 1 atom stereocenters. The van der Waals surface area contributed by atoms with Crippen molar-refractivity contribution in [2.24, 2.45) is 7.05 Å². The molecule has 0 aliphatic heterocycles. The SMILES string of the molecule is CCc1cc(CC(O)c2ncn[nH]2)n(C)n1. The van der Waals surface area contributed by atoms with Crippen molar-refractivity contribution in [2.75, 3.05) is 0 Å². The summed E-state index contributed by atoms with van der Waals surface area (Å²) >= 11 is 0. The number of aliphatic hydroxyl groups excluding tert-OH is 1. The summed E-state index contributed by atoms with van der Waals surface area (Å²) in [6.45, 7) is 2.05. The number of rotatable bonds is 4. The first kappa shape index (κ1) is 10.8. The van der Waals surface area contributed by atoms with E-state index in [0.29, 0.717) is 12.2 Å². The van der Waals surface area contributed by atoms with Crippen LogP contribution in [0.1, 0.15) is 30.2 Å². The van der Waals surface area contributed by atoms with Gasteiger partial charge in [0.15, 0.2) is 5.82 Å². The van der Waals surface area contributed by atoms with Crippen molar-refractivity contribution in [1.29, 1.82) is 0 Å². The Balaban J connectivity index is 2.11. The van der Waals surface area contributed by atoms with Crippen LogP contribution in [0.15, 0.2) is 12.4 Å². The van der Waals surface area contributed by atoms with Gasteiger partial charge in [-0.3, -0.25) is 9.78 Å². The normalized spacial score (nSPS) is 12.9. The molecule has 0 amide bonds. The maximum absolute atomic E-state index is 9.89. The third kappa shape index (κ3) is 2.11. The highest BCUT2D eigenvalue weighted by Gasteiger charge is 2.14. The highest BCUT2D eigenvalue weighted by molar-refractivity contribution is 5.12. The molecule has 1 unspecified atom stereocenters. The maximum atomic E-state index is 9.89. The molecule has 6 heteroatoms. The molecule has 2 N–H and O–H groups in total. The third-order valence-corrected chi connectivity index (χ3v) is 2.54. The lowest BCUT2D eigenvalue weighted by atomic mass is 10.1. The molecule has 0 aliphatic carbocycles. The van der Waals surface area contributed by atoms with Crippen LogP contribution in [-0.4, -0.2) is 30.1 Å². The molecule has 2 aromatic heterocycles. The Hall–Kier alpha value is -1.69. The van der Waals surface area contributed by atoms with Gasteiger partial charge in [-0.05, 0) is 12.5 Å². The Morgan fingerprint density at radius 1 is 1.56 bits per heavy atom. The summed E-state index contributed by atoms with van der Waals surface area (Å²) in [5.74, 6) is 0.485. The van der Waals surface area contributed by atoms with E-state index in [1.807, 2.05) is 13.1 Å². The molecule has 2 rings (SSSR count). The molecule has 0 saturated carbocycles. The van der Waals surface area contributed by atoms with Crippen molar-refractivity contribution in [3.63, 3.8) is 0 Å².